The summed E-state index contributed by atoms with van der Waals surface area (Å²) in [5, 5.41) is 3.49. The van der Waals surface area contributed by atoms with Crippen molar-refractivity contribution in [2.45, 2.75) is 16.2 Å². The van der Waals surface area contributed by atoms with Crippen molar-refractivity contribution in [3.63, 3.8) is 0 Å². The third-order valence-electron chi connectivity index (χ3n) is 4.64. The molecule has 0 radical (unpaired) electrons. The minimum Gasteiger partial charge on any atom is -0.493 e. The second kappa shape index (κ2) is 8.83. The number of amides is 1. The summed E-state index contributed by atoms with van der Waals surface area (Å²) < 4.78 is 32.3. The van der Waals surface area contributed by atoms with Gasteiger partial charge >= 0.3 is 0 Å². The van der Waals surface area contributed by atoms with E-state index in [2.05, 4.69) is 10.3 Å². The molecule has 0 aliphatic heterocycles. The minimum absolute atomic E-state index is 0.0199. The Balaban J connectivity index is 1.63. The fourth-order valence-corrected chi connectivity index (χ4v) is 4.96. The van der Waals surface area contributed by atoms with Crippen LogP contribution in [0.2, 0.25) is 5.02 Å². The van der Waals surface area contributed by atoms with Crippen LogP contribution in [0.1, 0.15) is 6.42 Å². The van der Waals surface area contributed by atoms with E-state index in [1.54, 1.807) is 48.5 Å². The van der Waals surface area contributed by atoms with Gasteiger partial charge in [-0.1, -0.05) is 48.0 Å². The van der Waals surface area contributed by atoms with Crippen LogP contribution in [-0.2, 0) is 14.6 Å². The highest BCUT2D eigenvalue weighted by atomic mass is 35.5. The lowest BCUT2D eigenvalue weighted by atomic mass is 10.2. The fraction of sp³-hybridized carbons (Fsp3) is 0.0870. The number of carbonyl (C=O) groups excluding carboxylic acids is 1. The number of H-pyrrole nitrogens is 1. The SMILES string of the molecule is O=C(CCOc1ccccc1)Nc1[nH]c2ccc(Cl)cc2c1S(=O)(=O)c1ccccc1. The predicted octanol–water partition coefficient (Wildman–Crippen LogP) is 5.06. The maximum Gasteiger partial charge on any atom is 0.228 e. The second-order valence-corrected chi connectivity index (χ2v) is 9.12. The van der Waals surface area contributed by atoms with Crippen LogP contribution in [0.3, 0.4) is 0 Å². The van der Waals surface area contributed by atoms with Crippen LogP contribution in [0, 0.1) is 0 Å². The Kier molecular flexibility index (Phi) is 5.97. The van der Waals surface area contributed by atoms with Gasteiger partial charge in [-0.2, -0.15) is 0 Å². The standard InChI is InChI=1S/C23H19ClN2O4S/c24-16-11-12-20-19(15-16)22(31(28,29)18-9-5-2-6-10-18)23(25-20)26-21(27)13-14-30-17-7-3-1-4-8-17/h1-12,15,25H,13-14H2,(H,26,27). The monoisotopic (exact) mass is 454 g/mol. The zero-order valence-corrected chi connectivity index (χ0v) is 17.9. The van der Waals surface area contributed by atoms with E-state index < -0.39 is 9.84 Å². The third kappa shape index (κ3) is 4.57. The summed E-state index contributed by atoms with van der Waals surface area (Å²) in [5.74, 6) is 0.381. The molecule has 8 heteroatoms. The Morgan fingerprint density at radius 3 is 2.35 bits per heavy atom. The average Bonchev–Trinajstić information content (AvgIpc) is 3.12. The maximum atomic E-state index is 13.4. The van der Waals surface area contributed by atoms with Crippen molar-refractivity contribution in [3.05, 3.63) is 83.9 Å². The number of para-hydroxylation sites is 1. The van der Waals surface area contributed by atoms with Crippen LogP contribution in [0.15, 0.2) is 88.7 Å². The highest BCUT2D eigenvalue weighted by Crippen LogP contribution is 2.36. The molecule has 0 spiro atoms. The molecule has 0 bridgehead atoms. The molecule has 4 rings (SSSR count). The number of hydrogen-bond donors (Lipinski definition) is 2. The Morgan fingerprint density at radius 1 is 0.968 bits per heavy atom. The van der Waals surface area contributed by atoms with Crippen LogP contribution >= 0.6 is 11.6 Å². The third-order valence-corrected chi connectivity index (χ3v) is 6.73. The molecule has 2 N–H and O–H groups in total. The van der Waals surface area contributed by atoms with E-state index in [1.165, 1.54) is 12.1 Å². The highest BCUT2D eigenvalue weighted by molar-refractivity contribution is 7.92. The summed E-state index contributed by atoms with van der Waals surface area (Å²) in [6, 6.07) is 22.1. The first-order chi connectivity index (χ1) is 14.9. The summed E-state index contributed by atoms with van der Waals surface area (Å²) >= 11 is 6.12. The number of fused-ring (bicyclic) bond motifs is 1. The lowest BCUT2D eigenvalue weighted by Gasteiger charge is -2.09. The number of halogens is 1. The van der Waals surface area contributed by atoms with Crippen molar-refractivity contribution in [2.24, 2.45) is 0 Å². The molecule has 6 nitrogen and oxygen atoms in total. The molecule has 0 saturated carbocycles. The summed E-state index contributed by atoms with van der Waals surface area (Å²) in [7, 11) is -3.91. The number of aromatic nitrogens is 1. The molecule has 0 aliphatic carbocycles. The topological polar surface area (TPSA) is 88.3 Å². The molecule has 0 unspecified atom stereocenters. The number of ether oxygens (including phenoxy) is 1. The fourth-order valence-electron chi connectivity index (χ4n) is 3.20. The first-order valence-corrected chi connectivity index (χ1v) is 11.4. The van der Waals surface area contributed by atoms with Crippen LogP contribution in [-0.4, -0.2) is 25.9 Å². The van der Waals surface area contributed by atoms with Crippen molar-refractivity contribution in [2.75, 3.05) is 11.9 Å². The van der Waals surface area contributed by atoms with E-state index >= 15 is 0 Å². The summed E-state index contributed by atoms with van der Waals surface area (Å²) in [4.78, 5) is 15.6. The molecule has 31 heavy (non-hydrogen) atoms. The van der Waals surface area contributed by atoms with Crippen LogP contribution in [0.4, 0.5) is 5.82 Å². The molecule has 0 fully saturated rings. The normalized spacial score (nSPS) is 11.4. The number of benzene rings is 3. The van der Waals surface area contributed by atoms with E-state index in [4.69, 9.17) is 16.3 Å². The minimum atomic E-state index is -3.91. The van der Waals surface area contributed by atoms with Gasteiger partial charge in [-0.25, -0.2) is 8.42 Å². The van der Waals surface area contributed by atoms with Crippen molar-refractivity contribution < 1.29 is 17.9 Å². The van der Waals surface area contributed by atoms with Crippen LogP contribution in [0.25, 0.3) is 10.9 Å². The molecule has 1 aromatic heterocycles. The molecule has 4 aromatic rings. The van der Waals surface area contributed by atoms with Gasteiger partial charge in [0.2, 0.25) is 15.7 Å². The molecule has 1 amide bonds. The number of carbonyl (C=O) groups is 1. The predicted molar refractivity (Wildman–Crippen MR) is 120 cm³/mol. The largest absolute Gasteiger partial charge is 0.493 e. The summed E-state index contributed by atoms with van der Waals surface area (Å²) in [6.45, 7) is 0.155. The Bertz CT molecular complexity index is 1320. The lowest BCUT2D eigenvalue weighted by Crippen LogP contribution is -2.17. The van der Waals surface area contributed by atoms with Crippen molar-refractivity contribution in [3.8, 4) is 5.75 Å². The van der Waals surface area contributed by atoms with Crippen molar-refractivity contribution in [1.82, 2.24) is 4.98 Å². The van der Waals surface area contributed by atoms with Crippen molar-refractivity contribution in [1.29, 1.82) is 0 Å². The quantitative estimate of drug-likeness (QED) is 0.408. The van der Waals surface area contributed by atoms with E-state index in [0.29, 0.717) is 21.7 Å². The molecule has 1 heterocycles. The number of hydrogen-bond acceptors (Lipinski definition) is 4. The maximum absolute atomic E-state index is 13.4. The lowest BCUT2D eigenvalue weighted by molar-refractivity contribution is -0.116. The van der Waals surface area contributed by atoms with Gasteiger partial charge in [-0.05, 0) is 42.5 Å². The van der Waals surface area contributed by atoms with Gasteiger partial charge in [0.05, 0.1) is 17.9 Å². The molecule has 0 atom stereocenters. The van der Waals surface area contributed by atoms with Gasteiger partial charge in [-0.3, -0.25) is 4.79 Å². The van der Waals surface area contributed by atoms with E-state index in [0.717, 1.165) is 0 Å². The Labute approximate surface area is 184 Å². The second-order valence-electron chi connectivity index (χ2n) is 6.80. The van der Waals surface area contributed by atoms with Crippen molar-refractivity contribution >= 4 is 44.1 Å². The number of anilines is 1. The first kappa shape index (κ1) is 21.0. The van der Waals surface area contributed by atoms with E-state index in [1.807, 2.05) is 18.2 Å². The number of nitrogens with one attached hydrogen (secondary N) is 2. The average molecular weight is 455 g/mol. The number of aromatic amines is 1. The van der Waals surface area contributed by atoms with Gasteiger partial charge in [0, 0.05) is 15.9 Å². The Hall–Kier alpha value is -3.29. The zero-order valence-electron chi connectivity index (χ0n) is 16.3. The molecule has 0 saturated heterocycles. The van der Waals surface area contributed by atoms with Gasteiger partial charge < -0.3 is 15.0 Å². The molecule has 158 valence electrons. The molecular weight excluding hydrogens is 436 g/mol. The summed E-state index contributed by atoms with van der Waals surface area (Å²) in [5.41, 5.74) is 0.551. The van der Waals surface area contributed by atoms with E-state index in [9.17, 15) is 13.2 Å². The van der Waals surface area contributed by atoms with Crippen LogP contribution in [0.5, 0.6) is 5.75 Å². The molecule has 0 aliphatic rings. The smallest absolute Gasteiger partial charge is 0.228 e. The van der Waals surface area contributed by atoms with E-state index in [-0.39, 0.29) is 34.5 Å². The zero-order chi connectivity index (χ0) is 21.8. The van der Waals surface area contributed by atoms with Gasteiger partial charge in [0.15, 0.2) is 0 Å². The van der Waals surface area contributed by atoms with Gasteiger partial charge in [0.1, 0.15) is 16.5 Å². The Morgan fingerprint density at radius 2 is 1.65 bits per heavy atom. The highest BCUT2D eigenvalue weighted by Gasteiger charge is 2.27. The molecular formula is C23H19ClN2O4S. The number of rotatable bonds is 7. The number of sulfone groups is 1. The molecule has 3 aromatic carbocycles. The van der Waals surface area contributed by atoms with Crippen LogP contribution < -0.4 is 10.1 Å². The first-order valence-electron chi connectivity index (χ1n) is 9.54. The van der Waals surface area contributed by atoms with Gasteiger partial charge in [-0.15, -0.1) is 0 Å². The summed E-state index contributed by atoms with van der Waals surface area (Å²) in [6.07, 6.45) is 0.0514. The van der Waals surface area contributed by atoms with Gasteiger partial charge in [0.25, 0.3) is 0 Å².